The minimum absolute atomic E-state index is 0.368. The third kappa shape index (κ3) is 2.67. The molecule has 2 rings (SSSR count). The maximum Gasteiger partial charge on any atom is 0.189 e. The van der Waals surface area contributed by atoms with E-state index in [-0.39, 0.29) is 0 Å². The second kappa shape index (κ2) is 5.04. The first-order valence-electron chi connectivity index (χ1n) is 6.50. The molecule has 2 aliphatic rings. The van der Waals surface area contributed by atoms with Crippen LogP contribution in [-0.2, 0) is 0 Å². The maximum absolute atomic E-state index is 5.90. The van der Waals surface area contributed by atoms with Crippen LogP contribution in [0, 0.1) is 0 Å². The summed E-state index contributed by atoms with van der Waals surface area (Å²) < 4.78 is 0. The van der Waals surface area contributed by atoms with E-state index in [1.54, 1.807) is 0 Å². The van der Waals surface area contributed by atoms with E-state index in [1.807, 2.05) is 0 Å². The topological polar surface area (TPSA) is 53.6 Å². The van der Waals surface area contributed by atoms with Gasteiger partial charge in [-0.2, -0.15) is 0 Å². The Morgan fingerprint density at radius 1 is 1.31 bits per heavy atom. The molecule has 2 heterocycles. The summed E-state index contributed by atoms with van der Waals surface area (Å²) in [4.78, 5) is 7.23. The fourth-order valence-electron chi connectivity index (χ4n) is 2.88. The van der Waals surface area contributed by atoms with E-state index in [9.17, 15) is 0 Å². The standard InChI is InChI=1S/C12H24N4/c1-9(2)14-12(13)15-10-6-8-16-7-4-3-5-11(10)16/h9-11H,3-8H2,1-2H3,(H3,13,14,15). The van der Waals surface area contributed by atoms with Crippen molar-refractivity contribution in [2.24, 2.45) is 10.7 Å². The van der Waals surface area contributed by atoms with Crippen LogP contribution in [0.2, 0.25) is 0 Å². The quantitative estimate of drug-likeness (QED) is 0.542. The lowest BCUT2D eigenvalue weighted by Gasteiger charge is -2.31. The molecule has 16 heavy (non-hydrogen) atoms. The van der Waals surface area contributed by atoms with Gasteiger partial charge in [0.1, 0.15) is 0 Å². The predicted molar refractivity (Wildman–Crippen MR) is 67.5 cm³/mol. The van der Waals surface area contributed by atoms with Crippen molar-refractivity contribution in [2.45, 2.75) is 57.7 Å². The Labute approximate surface area is 98.3 Å². The van der Waals surface area contributed by atoms with Crippen molar-refractivity contribution in [3.8, 4) is 0 Å². The van der Waals surface area contributed by atoms with E-state index in [4.69, 9.17) is 5.73 Å². The third-order valence-corrected chi connectivity index (χ3v) is 3.56. The number of nitrogens with two attached hydrogens (primary N) is 1. The first kappa shape index (κ1) is 11.7. The van der Waals surface area contributed by atoms with Crippen molar-refractivity contribution in [2.75, 3.05) is 13.1 Å². The minimum Gasteiger partial charge on any atom is -0.370 e. The highest BCUT2D eigenvalue weighted by Crippen LogP contribution is 2.28. The number of hydrogen-bond acceptors (Lipinski definition) is 2. The predicted octanol–water partition coefficient (Wildman–Crippen LogP) is 0.926. The van der Waals surface area contributed by atoms with Crippen molar-refractivity contribution < 1.29 is 0 Å². The average Bonchev–Trinajstić information content (AvgIpc) is 2.61. The van der Waals surface area contributed by atoms with Gasteiger partial charge in [-0.05, 0) is 39.7 Å². The molecule has 0 bridgehead atoms. The Kier molecular flexibility index (Phi) is 3.69. The normalized spacial score (nSPS) is 31.8. The molecule has 0 aromatic heterocycles. The Balaban J connectivity index is 1.94. The minimum atomic E-state index is 0.368. The molecule has 3 N–H and O–H groups in total. The van der Waals surface area contributed by atoms with Gasteiger partial charge in [-0.25, -0.2) is 4.99 Å². The van der Waals surface area contributed by atoms with Crippen molar-refractivity contribution in [3.63, 3.8) is 0 Å². The second-order valence-corrected chi connectivity index (χ2v) is 5.27. The van der Waals surface area contributed by atoms with E-state index >= 15 is 0 Å². The van der Waals surface area contributed by atoms with Gasteiger partial charge < -0.3 is 11.1 Å². The largest absolute Gasteiger partial charge is 0.370 e. The summed E-state index contributed by atoms with van der Waals surface area (Å²) in [5.41, 5.74) is 5.90. The fraction of sp³-hybridized carbons (Fsp3) is 0.917. The molecule has 0 amide bonds. The number of guanidine groups is 1. The molecular weight excluding hydrogens is 200 g/mol. The number of fused-ring (bicyclic) bond motifs is 1. The van der Waals surface area contributed by atoms with E-state index < -0.39 is 0 Å². The molecule has 2 saturated heterocycles. The molecule has 92 valence electrons. The zero-order valence-electron chi connectivity index (χ0n) is 10.4. The van der Waals surface area contributed by atoms with Gasteiger partial charge in [0.15, 0.2) is 5.96 Å². The molecule has 0 aromatic rings. The van der Waals surface area contributed by atoms with Gasteiger partial charge in [0, 0.05) is 18.6 Å². The number of nitrogens with one attached hydrogen (secondary N) is 1. The number of nitrogens with zero attached hydrogens (tertiary/aromatic N) is 2. The molecule has 2 fully saturated rings. The summed E-state index contributed by atoms with van der Waals surface area (Å²) in [7, 11) is 0. The lowest BCUT2D eigenvalue weighted by atomic mass is 9.99. The summed E-state index contributed by atoms with van der Waals surface area (Å²) in [6, 6.07) is 1.44. The highest BCUT2D eigenvalue weighted by Gasteiger charge is 2.35. The van der Waals surface area contributed by atoms with Crippen LogP contribution in [0.15, 0.2) is 4.99 Å². The van der Waals surface area contributed by atoms with Crippen molar-refractivity contribution >= 4 is 5.96 Å². The fourth-order valence-corrected chi connectivity index (χ4v) is 2.88. The zero-order valence-corrected chi connectivity index (χ0v) is 10.4. The van der Waals surface area contributed by atoms with Crippen LogP contribution in [-0.4, -0.2) is 42.1 Å². The molecule has 0 aliphatic carbocycles. The lowest BCUT2D eigenvalue weighted by Crippen LogP contribution is -2.41. The lowest BCUT2D eigenvalue weighted by molar-refractivity contribution is 0.190. The van der Waals surface area contributed by atoms with Gasteiger partial charge in [0.25, 0.3) is 0 Å². The molecular formula is C12H24N4. The van der Waals surface area contributed by atoms with E-state index in [1.165, 1.54) is 38.8 Å². The highest BCUT2D eigenvalue weighted by molar-refractivity contribution is 5.78. The third-order valence-electron chi connectivity index (χ3n) is 3.56. The number of aliphatic imine (C=N–C) groups is 1. The van der Waals surface area contributed by atoms with Gasteiger partial charge in [0.2, 0.25) is 0 Å². The second-order valence-electron chi connectivity index (χ2n) is 5.27. The summed E-state index contributed by atoms with van der Waals surface area (Å²) >= 11 is 0. The molecule has 2 aliphatic heterocycles. The van der Waals surface area contributed by atoms with Crippen LogP contribution < -0.4 is 11.1 Å². The Hall–Kier alpha value is -0.770. The van der Waals surface area contributed by atoms with Crippen LogP contribution in [0.3, 0.4) is 0 Å². The number of piperidine rings is 1. The van der Waals surface area contributed by atoms with Gasteiger partial charge in [-0.15, -0.1) is 0 Å². The van der Waals surface area contributed by atoms with E-state index in [2.05, 4.69) is 29.1 Å². The van der Waals surface area contributed by atoms with Crippen molar-refractivity contribution in [3.05, 3.63) is 0 Å². The van der Waals surface area contributed by atoms with Crippen LogP contribution in [0.1, 0.15) is 39.5 Å². The van der Waals surface area contributed by atoms with Crippen LogP contribution in [0.25, 0.3) is 0 Å². The molecule has 0 saturated carbocycles. The van der Waals surface area contributed by atoms with Gasteiger partial charge in [-0.3, -0.25) is 4.90 Å². The van der Waals surface area contributed by atoms with E-state index in [0.29, 0.717) is 24.1 Å². The first-order chi connectivity index (χ1) is 7.66. The Morgan fingerprint density at radius 3 is 2.88 bits per heavy atom. The Morgan fingerprint density at radius 2 is 2.12 bits per heavy atom. The van der Waals surface area contributed by atoms with Gasteiger partial charge in [-0.1, -0.05) is 6.42 Å². The molecule has 0 aromatic carbocycles. The monoisotopic (exact) mass is 224 g/mol. The van der Waals surface area contributed by atoms with Crippen molar-refractivity contribution in [1.82, 2.24) is 10.2 Å². The molecule has 4 heteroatoms. The van der Waals surface area contributed by atoms with Gasteiger partial charge in [0.05, 0.1) is 6.04 Å². The van der Waals surface area contributed by atoms with Crippen molar-refractivity contribution in [1.29, 1.82) is 0 Å². The molecule has 4 nitrogen and oxygen atoms in total. The Bertz CT molecular complexity index is 262. The molecule has 2 unspecified atom stereocenters. The van der Waals surface area contributed by atoms with E-state index in [0.717, 1.165) is 0 Å². The number of rotatable bonds is 2. The summed E-state index contributed by atoms with van der Waals surface area (Å²) in [6.45, 7) is 6.63. The SMILES string of the molecule is CC(C)NC(N)=NC1CCN2CCCCC12. The molecule has 2 atom stereocenters. The summed E-state index contributed by atoms with van der Waals surface area (Å²) in [6.07, 6.45) is 5.17. The first-order valence-corrected chi connectivity index (χ1v) is 6.50. The summed E-state index contributed by atoms with van der Waals surface area (Å²) in [5, 5.41) is 3.17. The van der Waals surface area contributed by atoms with Crippen LogP contribution >= 0.6 is 0 Å². The van der Waals surface area contributed by atoms with Gasteiger partial charge >= 0.3 is 0 Å². The zero-order chi connectivity index (χ0) is 11.5. The molecule has 0 spiro atoms. The summed E-state index contributed by atoms with van der Waals surface area (Å²) in [5.74, 6) is 0.618. The average molecular weight is 224 g/mol. The maximum atomic E-state index is 5.90. The smallest absolute Gasteiger partial charge is 0.189 e. The highest BCUT2D eigenvalue weighted by atomic mass is 15.2. The van der Waals surface area contributed by atoms with Crippen LogP contribution in [0.4, 0.5) is 0 Å². The van der Waals surface area contributed by atoms with Crippen LogP contribution in [0.5, 0.6) is 0 Å². The number of hydrogen-bond donors (Lipinski definition) is 2. The molecule has 0 radical (unpaired) electrons.